The van der Waals surface area contributed by atoms with E-state index < -0.39 is 0 Å². The van der Waals surface area contributed by atoms with E-state index in [-0.39, 0.29) is 0 Å². The van der Waals surface area contributed by atoms with E-state index >= 15 is 0 Å². The molecule has 0 atom stereocenters. The third kappa shape index (κ3) is 1.96. The smallest absolute Gasteiger partial charge is 0.170 e. The highest BCUT2D eigenvalue weighted by molar-refractivity contribution is 6.29. The molecule has 0 fully saturated rings. The average molecular weight is 287 g/mol. The number of aromatic nitrogens is 4. The number of hydrogen-bond acceptors (Lipinski definition) is 3. The van der Waals surface area contributed by atoms with Crippen LogP contribution in [-0.4, -0.2) is 19.6 Å². The monoisotopic (exact) mass is 286 g/mol. The van der Waals surface area contributed by atoms with Gasteiger partial charge in [-0.15, -0.1) is 10.2 Å². The molecule has 0 bridgehead atoms. The lowest BCUT2D eigenvalue weighted by Gasteiger charge is -2.10. The molecule has 0 N–H and O–H groups in total. The SMILES string of the molecule is Cc1cc(C)c(-c2nnc3cc(Cl)nc(C)n23)c(C)c1. The molecule has 0 unspecified atom stereocenters. The first kappa shape index (κ1) is 13.1. The van der Waals surface area contributed by atoms with Crippen molar-refractivity contribution in [3.63, 3.8) is 0 Å². The molecule has 1 aromatic carbocycles. The summed E-state index contributed by atoms with van der Waals surface area (Å²) in [7, 11) is 0. The maximum atomic E-state index is 5.97. The molecule has 2 aromatic heterocycles. The summed E-state index contributed by atoms with van der Waals surface area (Å²) in [6, 6.07) is 6.04. The molecule has 2 heterocycles. The van der Waals surface area contributed by atoms with Gasteiger partial charge in [-0.3, -0.25) is 4.40 Å². The van der Waals surface area contributed by atoms with Crippen LogP contribution in [0.15, 0.2) is 18.2 Å². The molecule has 0 aliphatic rings. The van der Waals surface area contributed by atoms with Crippen LogP contribution >= 0.6 is 11.6 Å². The molecule has 5 heteroatoms. The first-order valence-electron chi connectivity index (χ1n) is 6.44. The first-order valence-corrected chi connectivity index (χ1v) is 6.81. The van der Waals surface area contributed by atoms with Crippen molar-refractivity contribution in [1.82, 2.24) is 19.6 Å². The van der Waals surface area contributed by atoms with Gasteiger partial charge in [-0.25, -0.2) is 4.98 Å². The van der Waals surface area contributed by atoms with Crippen molar-refractivity contribution >= 4 is 17.2 Å². The van der Waals surface area contributed by atoms with Crippen LogP contribution in [0.25, 0.3) is 17.0 Å². The Labute approximate surface area is 122 Å². The summed E-state index contributed by atoms with van der Waals surface area (Å²) in [5.41, 5.74) is 5.44. The van der Waals surface area contributed by atoms with E-state index in [0.29, 0.717) is 5.15 Å². The lowest BCUT2D eigenvalue weighted by Crippen LogP contribution is -2.00. The highest BCUT2D eigenvalue weighted by Crippen LogP contribution is 2.28. The third-order valence-corrected chi connectivity index (χ3v) is 3.62. The number of rotatable bonds is 1. The Morgan fingerprint density at radius 2 is 1.60 bits per heavy atom. The van der Waals surface area contributed by atoms with E-state index in [9.17, 15) is 0 Å². The molecular formula is C15H15ClN4. The Morgan fingerprint density at radius 3 is 2.25 bits per heavy atom. The standard InChI is InChI=1S/C15H15ClN4/c1-8-5-9(2)14(10(3)6-8)15-19-18-13-7-12(16)17-11(4)20(13)15/h5-7H,1-4H3. The average Bonchev–Trinajstić information content (AvgIpc) is 2.71. The zero-order valence-corrected chi connectivity index (χ0v) is 12.7. The molecule has 0 aliphatic heterocycles. The maximum Gasteiger partial charge on any atom is 0.170 e. The molecule has 20 heavy (non-hydrogen) atoms. The summed E-state index contributed by atoms with van der Waals surface area (Å²) in [4.78, 5) is 4.29. The minimum absolute atomic E-state index is 0.436. The van der Waals surface area contributed by atoms with Crippen LogP contribution in [0.4, 0.5) is 0 Å². The zero-order valence-electron chi connectivity index (χ0n) is 11.9. The van der Waals surface area contributed by atoms with Gasteiger partial charge in [0.15, 0.2) is 11.5 Å². The highest BCUT2D eigenvalue weighted by atomic mass is 35.5. The largest absolute Gasteiger partial charge is 0.263 e. The third-order valence-electron chi connectivity index (χ3n) is 3.43. The van der Waals surface area contributed by atoms with Crippen molar-refractivity contribution < 1.29 is 0 Å². The second-order valence-corrected chi connectivity index (χ2v) is 5.50. The summed E-state index contributed by atoms with van der Waals surface area (Å²) in [5.74, 6) is 1.60. The van der Waals surface area contributed by atoms with Gasteiger partial charge >= 0.3 is 0 Å². The van der Waals surface area contributed by atoms with Crippen LogP contribution in [0, 0.1) is 27.7 Å². The topological polar surface area (TPSA) is 43.1 Å². The molecule has 0 saturated heterocycles. The summed E-state index contributed by atoms with van der Waals surface area (Å²) in [6.07, 6.45) is 0. The normalized spacial score (nSPS) is 11.2. The fourth-order valence-corrected chi connectivity index (χ4v) is 2.97. The van der Waals surface area contributed by atoms with Gasteiger partial charge in [0.2, 0.25) is 0 Å². The van der Waals surface area contributed by atoms with Gasteiger partial charge < -0.3 is 0 Å². The molecule has 0 aliphatic carbocycles. The van der Waals surface area contributed by atoms with Gasteiger partial charge in [-0.2, -0.15) is 0 Å². The number of aryl methyl sites for hydroxylation is 4. The van der Waals surface area contributed by atoms with Crippen molar-refractivity contribution in [2.45, 2.75) is 27.7 Å². The number of nitrogens with zero attached hydrogens (tertiary/aromatic N) is 4. The number of benzene rings is 1. The second kappa shape index (κ2) is 4.56. The van der Waals surface area contributed by atoms with Crippen LogP contribution < -0.4 is 0 Å². The summed E-state index contributed by atoms with van der Waals surface area (Å²) >= 11 is 5.97. The zero-order chi connectivity index (χ0) is 14.4. The van der Waals surface area contributed by atoms with Gasteiger partial charge in [-0.05, 0) is 38.8 Å². The van der Waals surface area contributed by atoms with Crippen molar-refractivity contribution in [1.29, 1.82) is 0 Å². The maximum absolute atomic E-state index is 5.97. The molecule has 4 nitrogen and oxygen atoms in total. The lowest BCUT2D eigenvalue weighted by molar-refractivity contribution is 0.985. The van der Waals surface area contributed by atoms with Gasteiger partial charge in [0.1, 0.15) is 11.0 Å². The quantitative estimate of drug-likeness (QED) is 0.641. The number of halogens is 1. The molecule has 3 rings (SSSR count). The Kier molecular flexibility index (Phi) is 2.98. The molecule has 0 spiro atoms. The number of fused-ring (bicyclic) bond motifs is 1. The van der Waals surface area contributed by atoms with Gasteiger partial charge in [0.25, 0.3) is 0 Å². The second-order valence-electron chi connectivity index (χ2n) is 5.12. The molecule has 0 saturated carbocycles. The predicted octanol–water partition coefficient (Wildman–Crippen LogP) is 3.68. The van der Waals surface area contributed by atoms with Crippen LogP contribution in [0.2, 0.25) is 5.15 Å². The van der Waals surface area contributed by atoms with Gasteiger partial charge in [-0.1, -0.05) is 29.3 Å². The fourth-order valence-electron chi connectivity index (χ4n) is 2.75. The number of hydrogen-bond donors (Lipinski definition) is 0. The first-order chi connectivity index (χ1) is 9.47. The molecule has 102 valence electrons. The van der Waals surface area contributed by atoms with Crippen molar-refractivity contribution in [2.75, 3.05) is 0 Å². The Bertz CT molecular complexity index is 797. The Balaban J connectivity index is 2.37. The van der Waals surface area contributed by atoms with E-state index in [4.69, 9.17) is 11.6 Å². The lowest BCUT2D eigenvalue weighted by atomic mass is 9.99. The summed E-state index contributed by atoms with van der Waals surface area (Å²) < 4.78 is 1.94. The van der Waals surface area contributed by atoms with Gasteiger partial charge in [0, 0.05) is 11.6 Å². The van der Waals surface area contributed by atoms with Crippen LogP contribution in [-0.2, 0) is 0 Å². The van der Waals surface area contributed by atoms with Crippen LogP contribution in [0.3, 0.4) is 0 Å². The minimum Gasteiger partial charge on any atom is -0.263 e. The van der Waals surface area contributed by atoms with E-state index in [1.54, 1.807) is 6.07 Å². The molecule has 0 amide bonds. The van der Waals surface area contributed by atoms with E-state index in [0.717, 1.165) is 22.9 Å². The van der Waals surface area contributed by atoms with Crippen molar-refractivity contribution in [2.24, 2.45) is 0 Å². The molecule has 0 radical (unpaired) electrons. The van der Waals surface area contributed by atoms with Crippen LogP contribution in [0.1, 0.15) is 22.5 Å². The predicted molar refractivity (Wildman–Crippen MR) is 80.2 cm³/mol. The van der Waals surface area contributed by atoms with Gasteiger partial charge in [0.05, 0.1) is 0 Å². The van der Waals surface area contributed by atoms with Crippen molar-refractivity contribution in [3.05, 3.63) is 45.9 Å². The highest BCUT2D eigenvalue weighted by Gasteiger charge is 2.15. The minimum atomic E-state index is 0.436. The van der Waals surface area contributed by atoms with Crippen LogP contribution in [0.5, 0.6) is 0 Å². The fraction of sp³-hybridized carbons (Fsp3) is 0.267. The van der Waals surface area contributed by atoms with Crippen molar-refractivity contribution in [3.8, 4) is 11.4 Å². The summed E-state index contributed by atoms with van der Waals surface area (Å²) in [6.45, 7) is 8.19. The van der Waals surface area contributed by atoms with E-state index in [1.165, 1.54) is 16.7 Å². The Hall–Kier alpha value is -1.94. The van der Waals surface area contributed by atoms with E-state index in [2.05, 4.69) is 48.1 Å². The molecular weight excluding hydrogens is 272 g/mol. The summed E-state index contributed by atoms with van der Waals surface area (Å²) in [5, 5.41) is 8.98. The molecule has 3 aromatic rings. The Morgan fingerprint density at radius 1 is 0.950 bits per heavy atom. The van der Waals surface area contributed by atoms with E-state index in [1.807, 2.05) is 11.3 Å².